The number of terminal acetylenes is 1. The second-order valence-corrected chi connectivity index (χ2v) is 5.49. The van der Waals surface area contributed by atoms with Crippen molar-refractivity contribution in [2.24, 2.45) is 17.8 Å². The molecule has 0 bridgehead atoms. The first-order chi connectivity index (χ1) is 9.11. The topological polar surface area (TPSA) is 78.4 Å². The Morgan fingerprint density at radius 2 is 1.84 bits per heavy atom. The van der Waals surface area contributed by atoms with Crippen LogP contribution in [-0.4, -0.2) is 29.7 Å². The van der Waals surface area contributed by atoms with Gasteiger partial charge in [-0.15, -0.1) is 12.3 Å². The minimum atomic E-state index is -1.10. The van der Waals surface area contributed by atoms with Crippen molar-refractivity contribution in [3.63, 3.8) is 0 Å². The summed E-state index contributed by atoms with van der Waals surface area (Å²) in [5, 5.41) is 14.1. The van der Waals surface area contributed by atoms with Crippen molar-refractivity contribution >= 4 is 12.0 Å². The van der Waals surface area contributed by atoms with Crippen LogP contribution in [0.3, 0.4) is 0 Å². The highest BCUT2D eigenvalue weighted by Gasteiger charge is 2.41. The Morgan fingerprint density at radius 3 is 2.26 bits per heavy atom. The van der Waals surface area contributed by atoms with E-state index in [1.54, 1.807) is 0 Å². The molecule has 5 nitrogen and oxygen atoms in total. The van der Waals surface area contributed by atoms with Crippen LogP contribution in [0.5, 0.6) is 0 Å². The van der Waals surface area contributed by atoms with Crippen LogP contribution in [0.2, 0.25) is 0 Å². The molecule has 2 amide bonds. The van der Waals surface area contributed by atoms with Gasteiger partial charge in [-0.1, -0.05) is 0 Å². The molecule has 2 fully saturated rings. The molecule has 0 heterocycles. The molecular weight excluding hydrogens is 244 g/mol. The van der Waals surface area contributed by atoms with Crippen LogP contribution in [0.4, 0.5) is 4.79 Å². The van der Waals surface area contributed by atoms with Gasteiger partial charge in [0.2, 0.25) is 0 Å². The van der Waals surface area contributed by atoms with E-state index in [-0.39, 0.29) is 6.42 Å². The predicted octanol–water partition coefficient (Wildman–Crippen LogP) is 1.20. The van der Waals surface area contributed by atoms with Gasteiger partial charge in [0.15, 0.2) is 0 Å². The molecule has 19 heavy (non-hydrogen) atoms. The zero-order valence-corrected chi connectivity index (χ0v) is 10.9. The Bertz CT molecular complexity index is 382. The van der Waals surface area contributed by atoms with Crippen molar-refractivity contribution < 1.29 is 14.7 Å². The van der Waals surface area contributed by atoms with Gasteiger partial charge >= 0.3 is 12.0 Å². The molecule has 1 unspecified atom stereocenters. The van der Waals surface area contributed by atoms with Gasteiger partial charge in [0.25, 0.3) is 0 Å². The van der Waals surface area contributed by atoms with Crippen LogP contribution in [0.15, 0.2) is 0 Å². The molecule has 2 rings (SSSR count). The van der Waals surface area contributed by atoms with E-state index in [4.69, 9.17) is 11.5 Å². The fraction of sp³-hybridized carbons (Fsp3) is 0.714. The van der Waals surface area contributed by atoms with Gasteiger partial charge in [-0.05, 0) is 43.4 Å². The van der Waals surface area contributed by atoms with E-state index in [9.17, 15) is 9.59 Å². The Labute approximate surface area is 113 Å². The summed E-state index contributed by atoms with van der Waals surface area (Å²) < 4.78 is 0. The standard InChI is InChI=1S/C14H20N2O3/c1-2-3-12(13(17)18)16-14(19)15-8-11(9-4-5-9)10-6-7-10/h1,9-12H,3-8H2,(H,17,18)(H2,15,16,19). The lowest BCUT2D eigenvalue weighted by atomic mass is 9.98. The van der Waals surface area contributed by atoms with Gasteiger partial charge in [0, 0.05) is 13.0 Å². The molecule has 104 valence electrons. The summed E-state index contributed by atoms with van der Waals surface area (Å²) in [7, 11) is 0. The lowest BCUT2D eigenvalue weighted by Gasteiger charge is -2.18. The van der Waals surface area contributed by atoms with Crippen molar-refractivity contribution in [2.45, 2.75) is 38.1 Å². The average Bonchev–Trinajstić information content (AvgIpc) is 3.22. The fourth-order valence-corrected chi connectivity index (χ4v) is 2.50. The lowest BCUT2D eigenvalue weighted by Crippen LogP contribution is -2.47. The van der Waals surface area contributed by atoms with Crippen molar-refractivity contribution in [2.75, 3.05) is 6.54 Å². The van der Waals surface area contributed by atoms with E-state index < -0.39 is 18.0 Å². The molecule has 1 atom stereocenters. The van der Waals surface area contributed by atoms with E-state index in [2.05, 4.69) is 16.6 Å². The number of hydrogen-bond donors (Lipinski definition) is 3. The van der Waals surface area contributed by atoms with Gasteiger partial charge in [-0.25, -0.2) is 9.59 Å². The Morgan fingerprint density at radius 1 is 1.26 bits per heavy atom. The zero-order chi connectivity index (χ0) is 13.8. The highest BCUT2D eigenvalue weighted by atomic mass is 16.4. The van der Waals surface area contributed by atoms with Gasteiger partial charge in [-0.2, -0.15) is 0 Å². The summed E-state index contributed by atoms with van der Waals surface area (Å²) in [5.41, 5.74) is 0. The number of urea groups is 1. The van der Waals surface area contributed by atoms with E-state index in [1.807, 2.05) is 0 Å². The van der Waals surface area contributed by atoms with Crippen molar-refractivity contribution in [1.82, 2.24) is 10.6 Å². The first-order valence-electron chi connectivity index (χ1n) is 6.82. The number of carbonyl (C=O) groups is 2. The number of hydrogen-bond acceptors (Lipinski definition) is 2. The summed E-state index contributed by atoms with van der Waals surface area (Å²) in [6, 6.07) is -1.45. The monoisotopic (exact) mass is 264 g/mol. The predicted molar refractivity (Wildman–Crippen MR) is 70.3 cm³/mol. The first kappa shape index (κ1) is 13.7. The molecular formula is C14H20N2O3. The summed E-state index contributed by atoms with van der Waals surface area (Å²) in [4.78, 5) is 22.5. The summed E-state index contributed by atoms with van der Waals surface area (Å²) in [6.45, 7) is 0.642. The maximum absolute atomic E-state index is 11.7. The normalized spacial score (nSPS) is 19.6. The third-order valence-corrected chi connectivity index (χ3v) is 3.88. The molecule has 0 aromatic heterocycles. The number of rotatable bonds is 7. The van der Waals surface area contributed by atoms with Crippen molar-refractivity contribution in [1.29, 1.82) is 0 Å². The van der Waals surface area contributed by atoms with Crippen LogP contribution in [0, 0.1) is 30.1 Å². The third kappa shape index (κ3) is 4.16. The zero-order valence-electron chi connectivity index (χ0n) is 10.9. The molecule has 0 saturated heterocycles. The van der Waals surface area contributed by atoms with Crippen LogP contribution in [-0.2, 0) is 4.79 Å². The number of nitrogens with one attached hydrogen (secondary N) is 2. The number of amides is 2. The Balaban J connectivity index is 1.73. The smallest absolute Gasteiger partial charge is 0.327 e. The van der Waals surface area contributed by atoms with Gasteiger partial charge < -0.3 is 15.7 Å². The van der Waals surface area contributed by atoms with Crippen molar-refractivity contribution in [3.8, 4) is 12.3 Å². The molecule has 3 N–H and O–H groups in total. The number of aliphatic carboxylic acids is 1. The molecule has 0 spiro atoms. The molecule has 2 aliphatic rings. The molecule has 0 aromatic rings. The van der Waals surface area contributed by atoms with E-state index in [1.165, 1.54) is 25.7 Å². The number of carboxylic acids is 1. The average molecular weight is 264 g/mol. The molecule has 2 saturated carbocycles. The molecule has 2 aliphatic carbocycles. The maximum Gasteiger partial charge on any atom is 0.327 e. The van der Waals surface area contributed by atoms with Crippen molar-refractivity contribution in [3.05, 3.63) is 0 Å². The SMILES string of the molecule is C#CCC(NC(=O)NCC(C1CC1)C1CC1)C(=O)O. The Hall–Kier alpha value is -1.70. The Kier molecular flexibility index (Phi) is 4.31. The highest BCUT2D eigenvalue weighted by Crippen LogP contribution is 2.48. The number of carbonyl (C=O) groups excluding carboxylic acids is 1. The molecule has 0 aromatic carbocycles. The van der Waals surface area contributed by atoms with E-state index >= 15 is 0 Å². The minimum Gasteiger partial charge on any atom is -0.480 e. The van der Waals surface area contributed by atoms with Gasteiger partial charge in [0.05, 0.1) is 0 Å². The summed E-state index contributed by atoms with van der Waals surface area (Å²) in [6.07, 6.45) is 10.1. The summed E-state index contributed by atoms with van der Waals surface area (Å²) >= 11 is 0. The summed E-state index contributed by atoms with van der Waals surface area (Å²) in [5.74, 6) is 3.24. The molecule has 5 heteroatoms. The largest absolute Gasteiger partial charge is 0.480 e. The van der Waals surface area contributed by atoms with Gasteiger partial charge in [-0.3, -0.25) is 0 Å². The number of carboxylic acid groups (broad SMARTS) is 1. The molecule has 0 radical (unpaired) electrons. The third-order valence-electron chi connectivity index (χ3n) is 3.88. The van der Waals surface area contributed by atoms with E-state index in [0.29, 0.717) is 12.5 Å². The second kappa shape index (κ2) is 5.96. The lowest BCUT2D eigenvalue weighted by molar-refractivity contribution is -0.139. The van der Waals surface area contributed by atoms with Crippen LogP contribution >= 0.6 is 0 Å². The van der Waals surface area contributed by atoms with Gasteiger partial charge in [0.1, 0.15) is 6.04 Å². The quantitative estimate of drug-likeness (QED) is 0.605. The molecule has 0 aliphatic heterocycles. The van der Waals surface area contributed by atoms with Crippen LogP contribution in [0.1, 0.15) is 32.1 Å². The van der Waals surface area contributed by atoms with Crippen LogP contribution in [0.25, 0.3) is 0 Å². The minimum absolute atomic E-state index is 0.00255. The second-order valence-electron chi connectivity index (χ2n) is 5.49. The van der Waals surface area contributed by atoms with E-state index in [0.717, 1.165) is 11.8 Å². The first-order valence-corrected chi connectivity index (χ1v) is 6.82. The fourth-order valence-electron chi connectivity index (χ4n) is 2.50. The maximum atomic E-state index is 11.7. The van der Waals surface area contributed by atoms with Crippen LogP contribution < -0.4 is 10.6 Å². The highest BCUT2D eigenvalue weighted by molar-refractivity contribution is 5.82.